The molecule has 1 aliphatic heterocycles. The minimum absolute atomic E-state index is 0.273. The van der Waals surface area contributed by atoms with Crippen molar-refractivity contribution in [2.75, 3.05) is 11.9 Å². The number of aliphatic hydroxyl groups excluding tert-OH is 2. The van der Waals surface area contributed by atoms with Crippen LogP contribution >= 0.6 is 7.82 Å². The zero-order valence-electron chi connectivity index (χ0n) is 9.58. The predicted molar refractivity (Wildman–Crippen MR) is 60.9 cm³/mol. The van der Waals surface area contributed by atoms with Gasteiger partial charge in [-0.05, 0) is 0 Å². The molecule has 108 valence electrons. The highest BCUT2D eigenvalue weighted by Crippen LogP contribution is 2.41. The zero-order chi connectivity index (χ0) is 14.0. The Balaban J connectivity index is 2.12. The SMILES string of the molecule is O=P(O)(O)O[C@H]1C(Nc2ncc[nH]2)O[C@H](CO)[C@H]1O. The largest absolute Gasteiger partial charge is 0.470 e. The Kier molecular flexibility index (Phi) is 4.21. The summed E-state index contributed by atoms with van der Waals surface area (Å²) in [5.74, 6) is 0.273. The maximum absolute atomic E-state index is 10.9. The van der Waals surface area contributed by atoms with E-state index in [2.05, 4.69) is 19.8 Å². The molecule has 6 N–H and O–H groups in total. The lowest BCUT2D eigenvalue weighted by molar-refractivity contribution is -0.0154. The topological polar surface area (TPSA) is 157 Å². The van der Waals surface area contributed by atoms with Gasteiger partial charge in [0.1, 0.15) is 18.3 Å². The first-order valence-corrected chi connectivity index (χ1v) is 6.88. The maximum Gasteiger partial charge on any atom is 0.470 e. The predicted octanol–water partition coefficient (Wildman–Crippen LogP) is -1.62. The van der Waals surface area contributed by atoms with E-state index in [-0.39, 0.29) is 5.95 Å². The molecule has 2 rings (SSSR count). The van der Waals surface area contributed by atoms with E-state index in [0.29, 0.717) is 0 Å². The lowest BCUT2D eigenvalue weighted by atomic mass is 10.1. The summed E-state index contributed by atoms with van der Waals surface area (Å²) in [7, 11) is -4.81. The molecule has 0 aromatic carbocycles. The average molecular weight is 295 g/mol. The highest BCUT2D eigenvalue weighted by atomic mass is 31.2. The van der Waals surface area contributed by atoms with Gasteiger partial charge >= 0.3 is 7.82 Å². The van der Waals surface area contributed by atoms with Gasteiger partial charge in [0.15, 0.2) is 6.23 Å². The minimum Gasteiger partial charge on any atom is -0.394 e. The molecule has 0 spiro atoms. The molecule has 1 aromatic heterocycles. The number of H-pyrrole nitrogens is 1. The fraction of sp³-hybridized carbons (Fsp3) is 0.625. The van der Waals surface area contributed by atoms with Crippen molar-refractivity contribution in [3.8, 4) is 0 Å². The highest BCUT2D eigenvalue weighted by molar-refractivity contribution is 7.46. The lowest BCUT2D eigenvalue weighted by Gasteiger charge is -2.21. The Labute approximate surface area is 107 Å². The quantitative estimate of drug-likeness (QED) is 0.351. The van der Waals surface area contributed by atoms with Crippen LogP contribution in [0.25, 0.3) is 0 Å². The van der Waals surface area contributed by atoms with Gasteiger partial charge in [-0.25, -0.2) is 9.55 Å². The molecule has 19 heavy (non-hydrogen) atoms. The number of hydrogen-bond acceptors (Lipinski definition) is 7. The number of hydrogen-bond donors (Lipinski definition) is 6. The summed E-state index contributed by atoms with van der Waals surface area (Å²) in [5, 5.41) is 21.5. The number of aromatic amines is 1. The fourth-order valence-corrected chi connectivity index (χ4v) is 2.31. The Morgan fingerprint density at radius 1 is 1.58 bits per heavy atom. The van der Waals surface area contributed by atoms with Gasteiger partial charge in [0.05, 0.1) is 6.61 Å². The summed E-state index contributed by atoms with van der Waals surface area (Å²) in [6.07, 6.45) is -1.82. The third kappa shape index (κ3) is 3.51. The van der Waals surface area contributed by atoms with Gasteiger partial charge in [-0.15, -0.1) is 0 Å². The summed E-state index contributed by atoms with van der Waals surface area (Å²) in [6.45, 7) is -0.515. The van der Waals surface area contributed by atoms with E-state index in [1.54, 1.807) is 0 Å². The molecule has 1 saturated heterocycles. The highest BCUT2D eigenvalue weighted by Gasteiger charge is 2.47. The van der Waals surface area contributed by atoms with Crippen molar-refractivity contribution >= 4 is 13.8 Å². The van der Waals surface area contributed by atoms with Crippen LogP contribution in [-0.2, 0) is 13.8 Å². The second kappa shape index (κ2) is 5.55. The van der Waals surface area contributed by atoms with Gasteiger partial charge in [-0.3, -0.25) is 4.52 Å². The molecule has 1 fully saturated rings. The van der Waals surface area contributed by atoms with Crippen molar-refractivity contribution in [2.24, 2.45) is 0 Å². The third-order valence-electron chi connectivity index (χ3n) is 2.55. The number of nitrogens with zero attached hydrogens (tertiary/aromatic N) is 1. The van der Waals surface area contributed by atoms with Gasteiger partial charge in [-0.1, -0.05) is 0 Å². The molecular formula is C8H14N3O7P. The standard InChI is InChI=1S/C8H14N3O7P/c12-3-4-5(13)6(18-19(14,15)16)7(17-4)11-8-9-1-2-10-8/h1-2,4-7,12-13H,3H2,(H2,9,10,11)(H2,14,15,16)/t4-,5-,6-,7?/m1/s1. The number of nitrogens with one attached hydrogen (secondary N) is 2. The summed E-state index contributed by atoms with van der Waals surface area (Å²) in [4.78, 5) is 24.2. The summed E-state index contributed by atoms with van der Waals surface area (Å²) >= 11 is 0. The summed E-state index contributed by atoms with van der Waals surface area (Å²) in [5.41, 5.74) is 0. The van der Waals surface area contributed by atoms with Gasteiger partial charge in [0.25, 0.3) is 0 Å². The third-order valence-corrected chi connectivity index (χ3v) is 3.07. The number of phosphoric acid groups is 1. The second-order valence-corrected chi connectivity index (χ2v) is 5.10. The molecular weight excluding hydrogens is 281 g/mol. The number of rotatable bonds is 5. The molecule has 4 atom stereocenters. The Hall–Kier alpha value is -1.00. The van der Waals surface area contributed by atoms with Crippen molar-refractivity contribution in [1.29, 1.82) is 0 Å². The average Bonchev–Trinajstić information content (AvgIpc) is 2.90. The molecule has 11 heteroatoms. The van der Waals surface area contributed by atoms with E-state index >= 15 is 0 Å². The number of aromatic nitrogens is 2. The van der Waals surface area contributed by atoms with Crippen LogP contribution in [0.3, 0.4) is 0 Å². The van der Waals surface area contributed by atoms with Gasteiger partial charge in [0, 0.05) is 12.4 Å². The molecule has 0 aliphatic carbocycles. The van der Waals surface area contributed by atoms with Crippen LogP contribution in [0.4, 0.5) is 5.95 Å². The fourth-order valence-electron chi connectivity index (χ4n) is 1.76. The normalized spacial score (nSPS) is 31.6. The number of aliphatic hydroxyl groups is 2. The van der Waals surface area contributed by atoms with Gasteiger partial charge in [0.2, 0.25) is 5.95 Å². The first kappa shape index (κ1) is 14.4. The molecule has 1 aromatic rings. The smallest absolute Gasteiger partial charge is 0.394 e. The van der Waals surface area contributed by atoms with Crippen molar-refractivity contribution < 1.29 is 33.8 Å². The van der Waals surface area contributed by atoms with Crippen molar-refractivity contribution in [3.63, 3.8) is 0 Å². The van der Waals surface area contributed by atoms with E-state index < -0.39 is 39.0 Å². The number of imidazole rings is 1. The summed E-state index contributed by atoms with van der Waals surface area (Å²) < 4.78 is 20.6. The van der Waals surface area contributed by atoms with Crippen molar-refractivity contribution in [3.05, 3.63) is 12.4 Å². The minimum atomic E-state index is -4.81. The van der Waals surface area contributed by atoms with E-state index in [1.807, 2.05) is 0 Å². The molecule has 1 unspecified atom stereocenters. The number of anilines is 1. The first-order chi connectivity index (χ1) is 8.90. The van der Waals surface area contributed by atoms with E-state index in [0.717, 1.165) is 0 Å². The van der Waals surface area contributed by atoms with Crippen molar-refractivity contribution in [2.45, 2.75) is 24.5 Å². The molecule has 10 nitrogen and oxygen atoms in total. The lowest BCUT2D eigenvalue weighted by Crippen LogP contribution is -2.38. The summed E-state index contributed by atoms with van der Waals surface area (Å²) in [6, 6.07) is 0. The van der Waals surface area contributed by atoms with Crippen LogP contribution in [-0.4, -0.2) is 61.1 Å². The maximum atomic E-state index is 10.9. The first-order valence-electron chi connectivity index (χ1n) is 5.35. The second-order valence-electron chi connectivity index (χ2n) is 3.91. The zero-order valence-corrected chi connectivity index (χ0v) is 10.5. The van der Waals surface area contributed by atoms with Gasteiger partial charge < -0.3 is 35.0 Å². The van der Waals surface area contributed by atoms with Crippen molar-refractivity contribution in [1.82, 2.24) is 9.97 Å². The molecule has 0 amide bonds. The Bertz CT molecular complexity index is 449. The van der Waals surface area contributed by atoms with Crippen LogP contribution in [0.15, 0.2) is 12.4 Å². The van der Waals surface area contributed by atoms with Crippen LogP contribution in [0.1, 0.15) is 0 Å². The Morgan fingerprint density at radius 2 is 2.32 bits per heavy atom. The molecule has 0 radical (unpaired) electrons. The Morgan fingerprint density at radius 3 is 2.84 bits per heavy atom. The van der Waals surface area contributed by atoms with E-state index in [4.69, 9.17) is 19.6 Å². The van der Waals surface area contributed by atoms with E-state index in [1.165, 1.54) is 12.4 Å². The molecule has 0 saturated carbocycles. The number of ether oxygens (including phenoxy) is 1. The van der Waals surface area contributed by atoms with E-state index in [9.17, 15) is 9.67 Å². The molecule has 2 heterocycles. The van der Waals surface area contributed by atoms with Crippen LogP contribution in [0.5, 0.6) is 0 Å². The van der Waals surface area contributed by atoms with Gasteiger partial charge in [-0.2, -0.15) is 0 Å². The van der Waals surface area contributed by atoms with Crippen LogP contribution in [0.2, 0.25) is 0 Å². The number of phosphoric ester groups is 1. The molecule has 0 bridgehead atoms. The van der Waals surface area contributed by atoms with Crippen LogP contribution in [0, 0.1) is 0 Å². The molecule has 1 aliphatic rings. The van der Waals surface area contributed by atoms with Crippen LogP contribution < -0.4 is 5.32 Å². The monoisotopic (exact) mass is 295 g/mol.